The van der Waals surface area contributed by atoms with Gasteiger partial charge in [-0.2, -0.15) is 0 Å². The Hall–Kier alpha value is -2.57. The molecule has 134 valence electrons. The summed E-state index contributed by atoms with van der Waals surface area (Å²) in [5.41, 5.74) is 0.813. The van der Waals surface area contributed by atoms with Gasteiger partial charge in [-0.1, -0.05) is 0 Å². The number of nitrogens with zero attached hydrogens (tertiary/aromatic N) is 3. The van der Waals surface area contributed by atoms with E-state index >= 15 is 0 Å². The van der Waals surface area contributed by atoms with Crippen LogP contribution in [-0.4, -0.2) is 39.4 Å². The summed E-state index contributed by atoms with van der Waals surface area (Å²) in [7, 11) is 1.92. The van der Waals surface area contributed by atoms with Crippen molar-refractivity contribution >= 4 is 11.8 Å². The van der Waals surface area contributed by atoms with Gasteiger partial charge < -0.3 is 19.2 Å². The quantitative estimate of drug-likeness (QED) is 0.899. The predicted molar refractivity (Wildman–Crippen MR) is 92.0 cm³/mol. The highest BCUT2D eigenvalue weighted by molar-refractivity contribution is 5.93. The van der Waals surface area contributed by atoms with E-state index < -0.39 is 0 Å². The number of carbonyl (C=O) groups excluding carboxylic acids is 2. The monoisotopic (exact) mass is 344 g/mol. The summed E-state index contributed by atoms with van der Waals surface area (Å²) >= 11 is 0. The van der Waals surface area contributed by atoms with Gasteiger partial charge in [0, 0.05) is 50.4 Å². The van der Waals surface area contributed by atoms with Gasteiger partial charge in [-0.25, -0.2) is 4.98 Å². The Labute approximate surface area is 147 Å². The van der Waals surface area contributed by atoms with E-state index in [0.717, 1.165) is 11.4 Å². The zero-order valence-electron chi connectivity index (χ0n) is 15.1. The van der Waals surface area contributed by atoms with E-state index in [-0.39, 0.29) is 23.8 Å². The van der Waals surface area contributed by atoms with Gasteiger partial charge in [0.05, 0.1) is 6.04 Å². The number of hydrogen-bond donors (Lipinski definition) is 1. The van der Waals surface area contributed by atoms with Gasteiger partial charge in [-0.15, -0.1) is 0 Å². The Balaban J connectivity index is 1.76. The number of rotatable bonds is 5. The number of aromatic nitrogens is 2. The van der Waals surface area contributed by atoms with Crippen LogP contribution in [0.5, 0.6) is 0 Å². The molecule has 0 bridgehead atoms. The summed E-state index contributed by atoms with van der Waals surface area (Å²) in [5, 5.41) is 2.92. The Bertz CT molecular complexity index is 792. The summed E-state index contributed by atoms with van der Waals surface area (Å²) < 4.78 is 7.40. The smallest absolute Gasteiger partial charge is 0.287 e. The fraction of sp³-hybridized carbons (Fsp3) is 0.500. The number of hydrogen-bond acceptors (Lipinski definition) is 4. The molecule has 0 aromatic carbocycles. The molecule has 2 amide bonds. The van der Waals surface area contributed by atoms with Crippen LogP contribution in [0, 0.1) is 19.8 Å². The third kappa shape index (κ3) is 3.18. The highest BCUT2D eigenvalue weighted by atomic mass is 16.3. The topological polar surface area (TPSA) is 80.4 Å². The van der Waals surface area contributed by atoms with Crippen molar-refractivity contribution in [3.63, 3.8) is 0 Å². The Morgan fingerprint density at radius 2 is 2.20 bits per heavy atom. The Kier molecular flexibility index (Phi) is 4.65. The first-order chi connectivity index (χ1) is 11.9. The molecule has 3 heterocycles. The fourth-order valence-corrected chi connectivity index (χ4v) is 3.60. The van der Waals surface area contributed by atoms with Gasteiger partial charge >= 0.3 is 0 Å². The van der Waals surface area contributed by atoms with Crippen LogP contribution in [0.1, 0.15) is 47.1 Å². The van der Waals surface area contributed by atoms with Crippen molar-refractivity contribution in [3.8, 4) is 0 Å². The molecule has 1 saturated heterocycles. The molecule has 1 aliphatic heterocycles. The molecule has 7 heteroatoms. The third-order valence-electron chi connectivity index (χ3n) is 4.78. The van der Waals surface area contributed by atoms with Crippen molar-refractivity contribution in [2.75, 3.05) is 13.1 Å². The SMILES string of the molecule is CCN1C(=O)C[C@@H](CNC(=O)c2oc(C)cc2C)[C@@H]1c1nccn1C. The summed E-state index contributed by atoms with van der Waals surface area (Å²) in [6.45, 7) is 6.65. The van der Waals surface area contributed by atoms with E-state index in [1.807, 2.05) is 49.5 Å². The maximum Gasteiger partial charge on any atom is 0.287 e. The van der Waals surface area contributed by atoms with Crippen LogP contribution >= 0.6 is 0 Å². The van der Waals surface area contributed by atoms with E-state index in [9.17, 15) is 9.59 Å². The molecule has 0 saturated carbocycles. The zero-order chi connectivity index (χ0) is 18.1. The van der Waals surface area contributed by atoms with Crippen molar-refractivity contribution in [1.82, 2.24) is 19.8 Å². The van der Waals surface area contributed by atoms with Crippen molar-refractivity contribution < 1.29 is 14.0 Å². The lowest BCUT2D eigenvalue weighted by atomic mass is 9.99. The number of carbonyl (C=O) groups is 2. The van der Waals surface area contributed by atoms with Crippen LogP contribution in [0.15, 0.2) is 22.9 Å². The Morgan fingerprint density at radius 3 is 2.76 bits per heavy atom. The van der Waals surface area contributed by atoms with Crippen LogP contribution in [0.3, 0.4) is 0 Å². The molecule has 0 unspecified atom stereocenters. The highest BCUT2D eigenvalue weighted by Gasteiger charge is 2.41. The first kappa shape index (κ1) is 17.3. The molecule has 0 aliphatic carbocycles. The minimum absolute atomic E-state index is 0.0196. The summed E-state index contributed by atoms with van der Waals surface area (Å²) in [6.07, 6.45) is 4.01. The molecule has 1 aliphatic rings. The first-order valence-corrected chi connectivity index (χ1v) is 8.54. The Morgan fingerprint density at radius 1 is 1.44 bits per heavy atom. The van der Waals surface area contributed by atoms with Crippen LogP contribution in [0.2, 0.25) is 0 Å². The molecule has 2 aromatic heterocycles. The van der Waals surface area contributed by atoms with Crippen LogP contribution in [0.4, 0.5) is 0 Å². The second-order valence-corrected chi connectivity index (χ2v) is 6.56. The molecule has 25 heavy (non-hydrogen) atoms. The minimum Gasteiger partial charge on any atom is -0.456 e. The average molecular weight is 344 g/mol. The minimum atomic E-state index is -0.244. The maximum absolute atomic E-state index is 12.4. The summed E-state index contributed by atoms with van der Waals surface area (Å²) in [4.78, 5) is 31.0. The lowest BCUT2D eigenvalue weighted by Crippen LogP contribution is -2.35. The summed E-state index contributed by atoms with van der Waals surface area (Å²) in [5.74, 6) is 1.72. The van der Waals surface area contributed by atoms with Crippen molar-refractivity contribution in [3.05, 3.63) is 41.4 Å². The van der Waals surface area contributed by atoms with Crippen molar-refractivity contribution in [2.45, 2.75) is 33.2 Å². The largest absolute Gasteiger partial charge is 0.456 e. The van der Waals surface area contributed by atoms with Crippen molar-refractivity contribution in [2.24, 2.45) is 13.0 Å². The van der Waals surface area contributed by atoms with E-state index in [1.54, 1.807) is 6.20 Å². The number of amides is 2. The molecule has 0 spiro atoms. The molecular weight excluding hydrogens is 320 g/mol. The number of likely N-dealkylation sites (tertiary alicyclic amines) is 1. The van der Waals surface area contributed by atoms with E-state index in [0.29, 0.717) is 31.0 Å². The second-order valence-electron chi connectivity index (χ2n) is 6.56. The van der Waals surface area contributed by atoms with Gasteiger partial charge in [0.1, 0.15) is 11.6 Å². The molecular formula is C18H24N4O3. The third-order valence-corrected chi connectivity index (χ3v) is 4.78. The average Bonchev–Trinajstić information content (AvgIpc) is 3.21. The highest BCUT2D eigenvalue weighted by Crippen LogP contribution is 2.36. The standard InChI is InChI=1S/C18H24N4O3/c1-5-22-14(23)9-13(15(22)17-19-6-7-21(17)4)10-20-18(24)16-11(2)8-12(3)25-16/h6-8,13,15H,5,9-10H2,1-4H3,(H,20,24)/t13-,15+/m0/s1. The van der Waals surface area contributed by atoms with Gasteiger partial charge in [0.15, 0.2) is 5.76 Å². The normalized spacial score (nSPS) is 20.3. The molecule has 1 N–H and O–H groups in total. The number of nitrogens with one attached hydrogen (secondary N) is 1. The molecule has 0 radical (unpaired) electrons. The van der Waals surface area contributed by atoms with Crippen LogP contribution < -0.4 is 5.32 Å². The second kappa shape index (κ2) is 6.74. The van der Waals surface area contributed by atoms with Crippen LogP contribution in [0.25, 0.3) is 0 Å². The molecule has 3 rings (SSSR count). The van der Waals surface area contributed by atoms with Gasteiger partial charge in [0.2, 0.25) is 5.91 Å². The van der Waals surface area contributed by atoms with Gasteiger partial charge in [-0.3, -0.25) is 9.59 Å². The fourth-order valence-electron chi connectivity index (χ4n) is 3.60. The lowest BCUT2D eigenvalue weighted by Gasteiger charge is -2.26. The van der Waals surface area contributed by atoms with E-state index in [4.69, 9.17) is 4.42 Å². The lowest BCUT2D eigenvalue weighted by molar-refractivity contribution is -0.128. The number of furan rings is 1. The first-order valence-electron chi connectivity index (χ1n) is 8.54. The maximum atomic E-state index is 12.4. The van der Waals surface area contributed by atoms with Gasteiger partial charge in [0.25, 0.3) is 5.91 Å². The summed E-state index contributed by atoms with van der Waals surface area (Å²) in [6, 6.07) is 1.71. The number of imidazole rings is 1. The molecule has 7 nitrogen and oxygen atoms in total. The zero-order valence-corrected chi connectivity index (χ0v) is 15.1. The molecule has 2 aromatic rings. The molecule has 2 atom stereocenters. The van der Waals surface area contributed by atoms with E-state index in [1.165, 1.54) is 0 Å². The van der Waals surface area contributed by atoms with E-state index in [2.05, 4.69) is 10.3 Å². The van der Waals surface area contributed by atoms with Crippen LogP contribution in [-0.2, 0) is 11.8 Å². The number of aryl methyl sites for hydroxylation is 3. The predicted octanol–water partition coefficient (Wildman–Crippen LogP) is 1.97. The van der Waals surface area contributed by atoms with Gasteiger partial charge in [-0.05, 0) is 26.8 Å². The van der Waals surface area contributed by atoms with Crippen molar-refractivity contribution in [1.29, 1.82) is 0 Å². The molecule has 1 fully saturated rings.